The minimum Gasteiger partial charge on any atom is -0.378 e. The second kappa shape index (κ2) is 9.36. The lowest BCUT2D eigenvalue weighted by Gasteiger charge is -2.13. The highest BCUT2D eigenvalue weighted by Crippen LogP contribution is 2.34. The molecule has 6 nitrogen and oxygen atoms in total. The molecule has 0 fully saturated rings. The minimum atomic E-state index is -3.86. The maximum absolute atomic E-state index is 13.6. The summed E-state index contributed by atoms with van der Waals surface area (Å²) in [6.45, 7) is 0. The molecule has 180 valence electrons. The molecule has 0 unspecified atom stereocenters. The Kier molecular flexibility index (Phi) is 6.08. The van der Waals surface area contributed by atoms with Crippen LogP contribution in [0.5, 0.6) is 0 Å². The van der Waals surface area contributed by atoms with Crippen molar-refractivity contribution < 1.29 is 13.2 Å². The zero-order valence-corrected chi connectivity index (χ0v) is 20.7. The van der Waals surface area contributed by atoms with Gasteiger partial charge in [-0.25, -0.2) is 12.4 Å². The van der Waals surface area contributed by atoms with Gasteiger partial charge in [-0.1, -0.05) is 54.6 Å². The van der Waals surface area contributed by atoms with E-state index in [9.17, 15) is 13.2 Å². The van der Waals surface area contributed by atoms with Gasteiger partial charge in [-0.3, -0.25) is 4.79 Å². The molecule has 5 rings (SSSR count). The normalized spacial score (nSPS) is 11.4. The summed E-state index contributed by atoms with van der Waals surface area (Å²) in [6.07, 6.45) is 1.65. The van der Waals surface area contributed by atoms with Crippen LogP contribution in [0.2, 0.25) is 0 Å². The summed E-state index contributed by atoms with van der Waals surface area (Å²) in [5.74, 6) is -0.271. The first-order chi connectivity index (χ1) is 17.3. The number of carbonyl (C=O) groups excluding carboxylic acids is 1. The third-order valence-corrected chi connectivity index (χ3v) is 7.75. The fourth-order valence-electron chi connectivity index (χ4n) is 4.14. The Morgan fingerprint density at radius 3 is 2.08 bits per heavy atom. The largest absolute Gasteiger partial charge is 0.378 e. The number of carbonyl (C=O) groups is 1. The first-order valence-corrected chi connectivity index (χ1v) is 12.9. The molecule has 1 amide bonds. The van der Waals surface area contributed by atoms with Gasteiger partial charge in [0.2, 0.25) is 0 Å². The van der Waals surface area contributed by atoms with E-state index in [1.807, 2.05) is 67.5 Å². The average Bonchev–Trinajstić information content (AvgIpc) is 3.29. The van der Waals surface area contributed by atoms with E-state index in [2.05, 4.69) is 5.32 Å². The molecule has 1 aromatic heterocycles. The fraction of sp³-hybridized carbons (Fsp3) is 0.0690. The number of anilines is 2. The van der Waals surface area contributed by atoms with Crippen molar-refractivity contribution in [3.8, 4) is 11.1 Å². The lowest BCUT2D eigenvalue weighted by Crippen LogP contribution is -2.14. The van der Waals surface area contributed by atoms with Crippen LogP contribution in [0.4, 0.5) is 11.4 Å². The second-order valence-corrected chi connectivity index (χ2v) is 10.5. The Bertz CT molecular complexity index is 1640. The monoisotopic (exact) mass is 495 g/mol. The number of hydrogen-bond acceptors (Lipinski definition) is 4. The standard InChI is InChI=1S/C29H25N3O3S/c1-31(2)24-16-13-22(14-17-24)29(33)30-23-15-18-26-27(21-9-5-3-6-10-21)20-32(28(26)19-23)36(34,35)25-11-7-4-8-12-25/h3-20H,1-2H3,(H,30,33). The van der Waals surface area contributed by atoms with E-state index in [1.54, 1.807) is 60.8 Å². The first kappa shape index (κ1) is 23.4. The van der Waals surface area contributed by atoms with Crippen LogP contribution >= 0.6 is 0 Å². The summed E-state index contributed by atoms with van der Waals surface area (Å²) in [6, 6.07) is 30.6. The SMILES string of the molecule is CN(C)c1ccc(C(=O)Nc2ccc3c(-c4ccccc4)cn(S(=O)(=O)c4ccccc4)c3c2)cc1. The summed E-state index contributed by atoms with van der Waals surface area (Å²) < 4.78 is 28.5. The number of aromatic nitrogens is 1. The number of rotatable bonds is 6. The van der Waals surface area contributed by atoms with E-state index < -0.39 is 10.0 Å². The zero-order valence-electron chi connectivity index (χ0n) is 19.9. The molecule has 0 bridgehead atoms. The van der Waals surface area contributed by atoms with Crippen LogP contribution in [-0.2, 0) is 10.0 Å². The van der Waals surface area contributed by atoms with Gasteiger partial charge in [0.15, 0.2) is 0 Å². The number of hydrogen-bond donors (Lipinski definition) is 1. The highest BCUT2D eigenvalue weighted by atomic mass is 32.2. The molecule has 0 saturated heterocycles. The van der Waals surface area contributed by atoms with Gasteiger partial charge in [-0.15, -0.1) is 0 Å². The van der Waals surface area contributed by atoms with Crippen molar-refractivity contribution in [1.29, 1.82) is 0 Å². The van der Waals surface area contributed by atoms with E-state index in [1.165, 1.54) is 3.97 Å². The Hall–Kier alpha value is -4.36. The van der Waals surface area contributed by atoms with Crippen LogP contribution in [0.3, 0.4) is 0 Å². The number of amides is 1. The Balaban J connectivity index is 1.59. The predicted octanol–water partition coefficient (Wildman–Crippen LogP) is 5.86. The van der Waals surface area contributed by atoms with Gasteiger partial charge in [0.05, 0.1) is 10.4 Å². The molecule has 1 heterocycles. The molecule has 0 aliphatic heterocycles. The molecule has 4 aromatic carbocycles. The molecule has 1 N–H and O–H groups in total. The van der Waals surface area contributed by atoms with Crippen molar-refractivity contribution in [2.45, 2.75) is 4.90 Å². The van der Waals surface area contributed by atoms with Gasteiger partial charge < -0.3 is 10.2 Å². The van der Waals surface area contributed by atoms with Crippen molar-refractivity contribution in [1.82, 2.24) is 3.97 Å². The van der Waals surface area contributed by atoms with Gasteiger partial charge in [0, 0.05) is 48.2 Å². The molecule has 0 aliphatic carbocycles. The highest BCUT2D eigenvalue weighted by molar-refractivity contribution is 7.90. The van der Waals surface area contributed by atoms with E-state index in [4.69, 9.17) is 0 Å². The van der Waals surface area contributed by atoms with Crippen molar-refractivity contribution in [3.63, 3.8) is 0 Å². The molecule has 5 aromatic rings. The summed E-state index contributed by atoms with van der Waals surface area (Å²) in [5.41, 5.74) is 4.19. The Morgan fingerprint density at radius 1 is 0.806 bits per heavy atom. The van der Waals surface area contributed by atoms with Crippen LogP contribution in [0.25, 0.3) is 22.0 Å². The summed E-state index contributed by atoms with van der Waals surface area (Å²) in [4.78, 5) is 15.1. The van der Waals surface area contributed by atoms with Gasteiger partial charge in [0.1, 0.15) is 0 Å². The zero-order chi connectivity index (χ0) is 25.3. The molecule has 0 atom stereocenters. The smallest absolute Gasteiger partial charge is 0.268 e. The van der Waals surface area contributed by atoms with Crippen molar-refractivity contribution in [3.05, 3.63) is 115 Å². The fourth-order valence-corrected chi connectivity index (χ4v) is 5.53. The van der Waals surface area contributed by atoms with Gasteiger partial charge in [-0.05, 0) is 54.1 Å². The first-order valence-electron chi connectivity index (χ1n) is 11.4. The molecule has 0 radical (unpaired) electrons. The number of nitrogens with zero attached hydrogens (tertiary/aromatic N) is 2. The van der Waals surface area contributed by atoms with Crippen molar-refractivity contribution in [2.24, 2.45) is 0 Å². The summed E-state index contributed by atoms with van der Waals surface area (Å²) >= 11 is 0. The number of fused-ring (bicyclic) bond motifs is 1. The molecule has 7 heteroatoms. The van der Waals surface area contributed by atoms with Crippen LogP contribution in [0.1, 0.15) is 10.4 Å². The van der Waals surface area contributed by atoms with Gasteiger partial charge in [0.25, 0.3) is 15.9 Å². The quantitative estimate of drug-likeness (QED) is 0.320. The summed E-state index contributed by atoms with van der Waals surface area (Å²) in [7, 11) is 0.0105. The van der Waals surface area contributed by atoms with Gasteiger partial charge >= 0.3 is 0 Å². The van der Waals surface area contributed by atoms with Gasteiger partial charge in [-0.2, -0.15) is 0 Å². The molecular weight excluding hydrogens is 470 g/mol. The number of benzene rings is 4. The third kappa shape index (κ3) is 4.36. The number of nitrogens with one attached hydrogen (secondary N) is 1. The van der Waals surface area contributed by atoms with Crippen LogP contribution < -0.4 is 10.2 Å². The Morgan fingerprint density at radius 2 is 1.44 bits per heavy atom. The van der Waals surface area contributed by atoms with E-state index in [0.717, 1.165) is 22.2 Å². The van der Waals surface area contributed by atoms with Crippen LogP contribution in [0, 0.1) is 0 Å². The predicted molar refractivity (Wildman–Crippen MR) is 145 cm³/mol. The minimum absolute atomic E-state index is 0.192. The average molecular weight is 496 g/mol. The van der Waals surface area contributed by atoms with E-state index in [-0.39, 0.29) is 10.8 Å². The lowest BCUT2D eigenvalue weighted by molar-refractivity contribution is 0.102. The maximum atomic E-state index is 13.6. The molecular formula is C29H25N3O3S. The molecule has 0 spiro atoms. The van der Waals surface area contributed by atoms with E-state index in [0.29, 0.717) is 16.8 Å². The Labute approximate surface area is 210 Å². The molecule has 0 saturated carbocycles. The van der Waals surface area contributed by atoms with Crippen LogP contribution in [-0.4, -0.2) is 32.4 Å². The topological polar surface area (TPSA) is 71.4 Å². The van der Waals surface area contributed by atoms with E-state index >= 15 is 0 Å². The maximum Gasteiger partial charge on any atom is 0.268 e. The summed E-state index contributed by atoms with van der Waals surface area (Å²) in [5, 5.41) is 3.68. The highest BCUT2D eigenvalue weighted by Gasteiger charge is 2.22. The van der Waals surface area contributed by atoms with Crippen LogP contribution in [0.15, 0.2) is 114 Å². The van der Waals surface area contributed by atoms with Crippen molar-refractivity contribution >= 4 is 38.2 Å². The lowest BCUT2D eigenvalue weighted by atomic mass is 10.0. The third-order valence-electron chi connectivity index (χ3n) is 6.06. The molecule has 0 aliphatic rings. The second-order valence-electron chi connectivity index (χ2n) is 8.65. The molecule has 36 heavy (non-hydrogen) atoms. The van der Waals surface area contributed by atoms with Crippen molar-refractivity contribution in [2.75, 3.05) is 24.3 Å².